The minimum Gasteiger partial charge on any atom is -0.366 e. The van der Waals surface area contributed by atoms with Gasteiger partial charge >= 0.3 is 0 Å². The van der Waals surface area contributed by atoms with Crippen molar-refractivity contribution in [3.05, 3.63) is 0 Å². The topological polar surface area (TPSA) is 41.6 Å². The molecule has 0 aromatic carbocycles. The van der Waals surface area contributed by atoms with Crippen LogP contribution in [-0.2, 0) is 9.53 Å². The van der Waals surface area contributed by atoms with Crippen LogP contribution in [-0.4, -0.2) is 49.7 Å². The van der Waals surface area contributed by atoms with Crippen LogP contribution in [0.4, 0.5) is 0 Å². The van der Waals surface area contributed by atoms with Crippen LogP contribution in [0.1, 0.15) is 25.7 Å². The van der Waals surface area contributed by atoms with E-state index in [1.54, 1.807) is 0 Å². The van der Waals surface area contributed by atoms with Crippen LogP contribution in [0.15, 0.2) is 0 Å². The zero-order chi connectivity index (χ0) is 11.8. The van der Waals surface area contributed by atoms with E-state index in [2.05, 4.69) is 5.32 Å². The van der Waals surface area contributed by atoms with Crippen molar-refractivity contribution in [2.75, 3.05) is 26.7 Å². The second kappa shape index (κ2) is 5.76. The molecule has 0 spiro atoms. The maximum Gasteiger partial charge on any atom is 0.253 e. The minimum absolute atomic E-state index is 0. The molecule has 1 atom stereocenters. The summed E-state index contributed by atoms with van der Waals surface area (Å²) in [6.07, 6.45) is 4.98. The lowest BCUT2D eigenvalue weighted by atomic mass is 10.1. The first-order valence-electron chi connectivity index (χ1n) is 6.86. The Bertz CT molecular complexity index is 287. The zero-order valence-corrected chi connectivity index (χ0v) is 11.7. The molecule has 3 rings (SSSR count). The van der Waals surface area contributed by atoms with Gasteiger partial charge in [0.25, 0.3) is 5.91 Å². The zero-order valence-electron chi connectivity index (χ0n) is 10.9. The molecule has 1 heterocycles. The Morgan fingerprint density at radius 1 is 1.28 bits per heavy atom. The molecule has 1 amide bonds. The van der Waals surface area contributed by atoms with Crippen LogP contribution >= 0.6 is 12.4 Å². The lowest BCUT2D eigenvalue weighted by molar-refractivity contribution is -0.146. The van der Waals surface area contributed by atoms with Gasteiger partial charge in [-0.1, -0.05) is 0 Å². The Balaban J connectivity index is 0.00000120. The highest BCUT2D eigenvalue weighted by Gasteiger charge is 2.45. The number of carbonyl (C=O) groups excluding carboxylic acids is 1. The monoisotopic (exact) mass is 274 g/mol. The molecule has 0 aromatic rings. The van der Waals surface area contributed by atoms with Gasteiger partial charge in [0.1, 0.15) is 6.10 Å². The van der Waals surface area contributed by atoms with Gasteiger partial charge in [0, 0.05) is 26.2 Å². The second-order valence-corrected chi connectivity index (χ2v) is 5.68. The van der Waals surface area contributed by atoms with Crippen molar-refractivity contribution in [1.82, 2.24) is 10.2 Å². The van der Waals surface area contributed by atoms with Crippen LogP contribution in [0.5, 0.6) is 0 Å². The van der Waals surface area contributed by atoms with Crippen LogP contribution < -0.4 is 5.32 Å². The fourth-order valence-corrected chi connectivity index (χ4v) is 2.99. The maximum absolute atomic E-state index is 12.4. The quantitative estimate of drug-likeness (QED) is 0.833. The highest BCUT2D eigenvalue weighted by molar-refractivity contribution is 5.85. The Kier molecular flexibility index (Phi) is 4.51. The minimum atomic E-state index is -0.256. The summed E-state index contributed by atoms with van der Waals surface area (Å²) in [5.74, 6) is 1.72. The number of nitrogens with zero attached hydrogens (tertiary/aromatic N) is 1. The van der Waals surface area contributed by atoms with Gasteiger partial charge in [-0.25, -0.2) is 0 Å². The van der Waals surface area contributed by atoms with Gasteiger partial charge in [0.05, 0.1) is 6.61 Å². The molecule has 1 N–H and O–H groups in total. The molecule has 18 heavy (non-hydrogen) atoms. The number of rotatable bonds is 4. The van der Waals surface area contributed by atoms with Crippen molar-refractivity contribution in [1.29, 1.82) is 0 Å². The molecular formula is C13H23ClN2O2. The van der Waals surface area contributed by atoms with Crippen molar-refractivity contribution in [2.24, 2.45) is 11.8 Å². The summed E-state index contributed by atoms with van der Waals surface area (Å²) in [6.45, 7) is 2.19. The Morgan fingerprint density at radius 2 is 1.89 bits per heavy atom. The lowest BCUT2D eigenvalue weighted by Gasteiger charge is -2.33. The maximum atomic E-state index is 12.4. The molecule has 0 aromatic heterocycles. The summed E-state index contributed by atoms with van der Waals surface area (Å²) in [5.41, 5.74) is 0. The van der Waals surface area contributed by atoms with Crippen molar-refractivity contribution >= 4 is 18.3 Å². The van der Waals surface area contributed by atoms with Crippen LogP contribution in [0.25, 0.3) is 0 Å². The highest BCUT2D eigenvalue weighted by Crippen LogP contribution is 2.46. The van der Waals surface area contributed by atoms with Gasteiger partial charge < -0.3 is 15.0 Å². The number of halogens is 1. The van der Waals surface area contributed by atoms with E-state index < -0.39 is 0 Å². The van der Waals surface area contributed by atoms with Gasteiger partial charge in [-0.2, -0.15) is 0 Å². The number of nitrogens with one attached hydrogen (secondary N) is 1. The molecule has 0 bridgehead atoms. The second-order valence-electron chi connectivity index (χ2n) is 5.68. The Labute approximate surface area is 115 Å². The van der Waals surface area contributed by atoms with Crippen molar-refractivity contribution in [3.63, 3.8) is 0 Å². The van der Waals surface area contributed by atoms with Gasteiger partial charge in [0.15, 0.2) is 0 Å². The third-order valence-corrected chi connectivity index (χ3v) is 4.21. The Morgan fingerprint density at radius 3 is 2.33 bits per heavy atom. The number of likely N-dealkylation sites (N-methyl/N-ethyl adjacent to an activating group) is 1. The molecule has 4 nitrogen and oxygen atoms in total. The molecule has 3 aliphatic rings. The van der Waals surface area contributed by atoms with Gasteiger partial charge in [-0.15, -0.1) is 12.4 Å². The van der Waals surface area contributed by atoms with E-state index in [-0.39, 0.29) is 24.4 Å². The van der Waals surface area contributed by atoms with Crippen LogP contribution in [0, 0.1) is 11.8 Å². The summed E-state index contributed by atoms with van der Waals surface area (Å²) in [5, 5.41) is 3.23. The molecule has 2 aliphatic carbocycles. The van der Waals surface area contributed by atoms with E-state index in [0.717, 1.165) is 18.4 Å². The first kappa shape index (κ1) is 14.1. The van der Waals surface area contributed by atoms with Crippen LogP contribution in [0.3, 0.4) is 0 Å². The molecule has 1 aliphatic heterocycles. The van der Waals surface area contributed by atoms with E-state index in [9.17, 15) is 4.79 Å². The molecule has 3 fully saturated rings. The summed E-state index contributed by atoms with van der Waals surface area (Å²) in [7, 11) is 1.97. The number of carbonyl (C=O) groups is 1. The van der Waals surface area contributed by atoms with Crippen LogP contribution in [0.2, 0.25) is 0 Å². The normalized spacial score (nSPS) is 27.8. The molecule has 5 heteroatoms. The summed E-state index contributed by atoms with van der Waals surface area (Å²) < 4.78 is 5.56. The van der Waals surface area contributed by atoms with Crippen molar-refractivity contribution < 1.29 is 9.53 Å². The SMILES string of the molecule is CN(C(=O)C1CNCCO1)C(C1CC1)C1CC1.Cl. The predicted molar refractivity (Wildman–Crippen MR) is 71.9 cm³/mol. The smallest absolute Gasteiger partial charge is 0.253 e. The van der Waals surface area contributed by atoms with Crippen molar-refractivity contribution in [2.45, 2.75) is 37.8 Å². The number of morpholine rings is 1. The fraction of sp³-hybridized carbons (Fsp3) is 0.923. The summed E-state index contributed by atoms with van der Waals surface area (Å²) >= 11 is 0. The van der Waals surface area contributed by atoms with E-state index >= 15 is 0 Å². The third-order valence-electron chi connectivity index (χ3n) is 4.21. The average Bonchev–Trinajstić information content (AvgIpc) is 3.23. The number of amides is 1. The van der Waals surface area contributed by atoms with Gasteiger partial charge in [-0.05, 0) is 37.5 Å². The van der Waals surface area contributed by atoms with E-state index in [1.807, 2.05) is 11.9 Å². The largest absolute Gasteiger partial charge is 0.366 e. The summed E-state index contributed by atoms with van der Waals surface area (Å²) in [6, 6.07) is 0.494. The molecule has 2 saturated carbocycles. The highest BCUT2D eigenvalue weighted by atomic mass is 35.5. The fourth-order valence-electron chi connectivity index (χ4n) is 2.99. The third kappa shape index (κ3) is 2.98. The van der Waals surface area contributed by atoms with E-state index in [4.69, 9.17) is 4.74 Å². The number of ether oxygens (including phenoxy) is 1. The number of hydrogen-bond donors (Lipinski definition) is 1. The standard InChI is InChI=1S/C13H22N2O2.ClH/c1-15(12(9-2-3-9)10-4-5-10)13(16)11-8-14-6-7-17-11;/h9-12,14H,2-8H2,1H3;1H. The first-order valence-corrected chi connectivity index (χ1v) is 6.86. The van der Waals surface area contributed by atoms with Gasteiger partial charge in [0.2, 0.25) is 0 Å². The Hall–Kier alpha value is -0.320. The number of hydrogen-bond acceptors (Lipinski definition) is 3. The molecule has 104 valence electrons. The van der Waals surface area contributed by atoms with E-state index in [0.29, 0.717) is 19.2 Å². The molecule has 1 unspecified atom stereocenters. The molecule has 1 saturated heterocycles. The first-order chi connectivity index (χ1) is 8.27. The predicted octanol–water partition coefficient (Wildman–Crippen LogP) is 1.04. The summed E-state index contributed by atoms with van der Waals surface area (Å²) in [4.78, 5) is 14.4. The van der Waals surface area contributed by atoms with E-state index in [1.165, 1.54) is 25.7 Å². The van der Waals surface area contributed by atoms with Gasteiger partial charge in [-0.3, -0.25) is 4.79 Å². The lowest BCUT2D eigenvalue weighted by Crippen LogP contribution is -2.51. The molecule has 0 radical (unpaired) electrons. The average molecular weight is 275 g/mol. The molecular weight excluding hydrogens is 252 g/mol. The van der Waals surface area contributed by atoms with Crippen molar-refractivity contribution in [3.8, 4) is 0 Å².